The highest BCUT2D eigenvalue weighted by atomic mass is 79.9. The van der Waals surface area contributed by atoms with E-state index in [1.807, 2.05) is 11.8 Å². The molecule has 2 nitrogen and oxygen atoms in total. The third kappa shape index (κ3) is 5.36. The Bertz CT molecular complexity index is 396. The summed E-state index contributed by atoms with van der Waals surface area (Å²) in [6, 6.07) is 7.68. The summed E-state index contributed by atoms with van der Waals surface area (Å²) in [5, 5.41) is 3.44. The largest absolute Gasteiger partial charge is 0.370 e. The number of halogens is 1. The zero-order valence-corrected chi connectivity index (χ0v) is 14.9. The number of hydrogen-bond donors (Lipinski definition) is 1. The zero-order chi connectivity index (χ0) is 14.4. The number of anilines is 1. The average Bonchev–Trinajstić information content (AvgIpc) is 2.36. The minimum absolute atomic E-state index is 0.516. The molecule has 1 aromatic carbocycles. The Balaban J connectivity index is 2.76. The molecule has 0 heterocycles. The maximum Gasteiger partial charge on any atom is 0.0510 e. The van der Waals surface area contributed by atoms with E-state index < -0.39 is 0 Å². The van der Waals surface area contributed by atoms with Crippen molar-refractivity contribution in [2.75, 3.05) is 24.0 Å². The predicted octanol–water partition coefficient (Wildman–Crippen LogP) is 4.13. The number of nitrogens with one attached hydrogen (secondary N) is 1. The lowest BCUT2D eigenvalue weighted by molar-refractivity contribution is 0.588. The molecule has 0 aliphatic heterocycles. The van der Waals surface area contributed by atoms with E-state index in [4.69, 9.17) is 0 Å². The van der Waals surface area contributed by atoms with E-state index in [2.05, 4.69) is 78.4 Å². The first-order valence-corrected chi connectivity index (χ1v) is 8.88. The number of thioether (sulfide) groups is 1. The van der Waals surface area contributed by atoms with Crippen LogP contribution in [0.3, 0.4) is 0 Å². The van der Waals surface area contributed by atoms with Gasteiger partial charge in [0.15, 0.2) is 0 Å². The molecule has 0 spiro atoms. The first-order chi connectivity index (χ1) is 8.95. The summed E-state index contributed by atoms with van der Waals surface area (Å²) in [4.78, 5) is 2.33. The van der Waals surface area contributed by atoms with Crippen LogP contribution >= 0.6 is 27.7 Å². The molecule has 1 atom stereocenters. The van der Waals surface area contributed by atoms with E-state index in [1.54, 1.807) is 0 Å². The second-order valence-corrected chi connectivity index (χ2v) is 7.00. The summed E-state index contributed by atoms with van der Waals surface area (Å²) >= 11 is 5.58. The van der Waals surface area contributed by atoms with E-state index >= 15 is 0 Å². The molecule has 1 aromatic rings. The Morgan fingerprint density at radius 3 is 2.53 bits per heavy atom. The predicted molar refractivity (Wildman–Crippen MR) is 92.4 cm³/mol. The van der Waals surface area contributed by atoms with E-state index in [0.29, 0.717) is 12.1 Å². The summed E-state index contributed by atoms with van der Waals surface area (Å²) < 4.78 is 1.17. The maximum atomic E-state index is 3.70. The van der Waals surface area contributed by atoms with Crippen molar-refractivity contribution >= 4 is 33.4 Å². The quantitative estimate of drug-likeness (QED) is 0.800. The molecule has 0 bridgehead atoms. The number of nitrogens with zero attached hydrogens (tertiary/aromatic N) is 1. The fourth-order valence-corrected chi connectivity index (χ4v) is 3.27. The topological polar surface area (TPSA) is 15.3 Å². The van der Waals surface area contributed by atoms with Gasteiger partial charge in [-0.1, -0.05) is 19.9 Å². The molecule has 0 saturated heterocycles. The van der Waals surface area contributed by atoms with Gasteiger partial charge < -0.3 is 10.2 Å². The fourth-order valence-electron chi connectivity index (χ4n) is 1.86. The zero-order valence-electron chi connectivity index (χ0n) is 12.5. The minimum Gasteiger partial charge on any atom is -0.370 e. The van der Waals surface area contributed by atoms with Gasteiger partial charge in [0.1, 0.15) is 0 Å². The molecular formula is C15H25BrN2S. The maximum absolute atomic E-state index is 3.70. The Morgan fingerprint density at radius 1 is 1.32 bits per heavy atom. The Labute approximate surface area is 130 Å². The summed E-state index contributed by atoms with van der Waals surface area (Å²) in [6.07, 6.45) is 2.15. The SMILES string of the molecule is CSCC(C)N(C)c1ccc(CNC(C)C)cc1Br. The summed E-state index contributed by atoms with van der Waals surface area (Å²) in [7, 11) is 2.16. The van der Waals surface area contributed by atoms with Crippen molar-refractivity contribution in [1.29, 1.82) is 0 Å². The second kappa shape index (κ2) is 8.18. The van der Waals surface area contributed by atoms with Gasteiger partial charge in [-0.15, -0.1) is 0 Å². The molecule has 19 heavy (non-hydrogen) atoms. The molecule has 0 aliphatic rings. The first kappa shape index (κ1) is 16.9. The third-order valence-electron chi connectivity index (χ3n) is 3.18. The van der Waals surface area contributed by atoms with Crippen LogP contribution < -0.4 is 10.2 Å². The minimum atomic E-state index is 0.516. The molecule has 1 rings (SSSR count). The van der Waals surface area contributed by atoms with Crippen molar-refractivity contribution in [1.82, 2.24) is 5.32 Å². The average molecular weight is 345 g/mol. The van der Waals surface area contributed by atoms with Crippen LogP contribution in [0.5, 0.6) is 0 Å². The van der Waals surface area contributed by atoms with Crippen molar-refractivity contribution in [2.24, 2.45) is 0 Å². The van der Waals surface area contributed by atoms with Crippen LogP contribution in [0.2, 0.25) is 0 Å². The highest BCUT2D eigenvalue weighted by molar-refractivity contribution is 9.10. The highest BCUT2D eigenvalue weighted by Gasteiger charge is 2.12. The Morgan fingerprint density at radius 2 is 2.00 bits per heavy atom. The number of hydrogen-bond acceptors (Lipinski definition) is 3. The molecule has 0 aliphatic carbocycles. The number of rotatable bonds is 7. The number of benzene rings is 1. The summed E-state index contributed by atoms with van der Waals surface area (Å²) in [5.74, 6) is 1.14. The van der Waals surface area contributed by atoms with Crippen LogP contribution in [-0.4, -0.2) is 31.1 Å². The van der Waals surface area contributed by atoms with Gasteiger partial charge in [0.05, 0.1) is 5.69 Å². The van der Waals surface area contributed by atoms with Crippen molar-refractivity contribution in [3.63, 3.8) is 0 Å². The van der Waals surface area contributed by atoms with Crippen LogP contribution in [0, 0.1) is 0 Å². The summed E-state index contributed by atoms with van der Waals surface area (Å²) in [5.41, 5.74) is 2.57. The monoisotopic (exact) mass is 344 g/mol. The first-order valence-electron chi connectivity index (χ1n) is 6.69. The van der Waals surface area contributed by atoms with E-state index in [0.717, 1.165) is 12.3 Å². The van der Waals surface area contributed by atoms with Gasteiger partial charge in [-0.05, 0) is 46.8 Å². The van der Waals surface area contributed by atoms with Crippen LogP contribution in [0.1, 0.15) is 26.3 Å². The van der Waals surface area contributed by atoms with Gasteiger partial charge in [-0.2, -0.15) is 11.8 Å². The van der Waals surface area contributed by atoms with Gasteiger partial charge in [0.2, 0.25) is 0 Å². The van der Waals surface area contributed by atoms with E-state index in [1.165, 1.54) is 15.7 Å². The van der Waals surface area contributed by atoms with E-state index in [-0.39, 0.29) is 0 Å². The fraction of sp³-hybridized carbons (Fsp3) is 0.600. The summed E-state index contributed by atoms with van der Waals surface area (Å²) in [6.45, 7) is 7.51. The standard InChI is InChI=1S/C15H25BrN2S/c1-11(2)17-9-13-6-7-15(14(16)8-13)18(4)12(3)10-19-5/h6-8,11-12,17H,9-10H2,1-5H3. The lowest BCUT2D eigenvalue weighted by atomic mass is 10.1. The molecule has 1 N–H and O–H groups in total. The molecule has 0 fully saturated rings. The molecule has 108 valence electrons. The van der Waals surface area contributed by atoms with Gasteiger partial charge in [-0.25, -0.2) is 0 Å². The smallest absolute Gasteiger partial charge is 0.0510 e. The molecule has 4 heteroatoms. The van der Waals surface area contributed by atoms with Crippen LogP contribution in [0.25, 0.3) is 0 Å². The van der Waals surface area contributed by atoms with Crippen LogP contribution in [0.15, 0.2) is 22.7 Å². The van der Waals surface area contributed by atoms with E-state index in [9.17, 15) is 0 Å². The third-order valence-corrected chi connectivity index (χ3v) is 4.63. The lowest BCUT2D eigenvalue weighted by Crippen LogP contribution is -2.31. The van der Waals surface area contributed by atoms with Gasteiger partial charge in [-0.3, -0.25) is 0 Å². The van der Waals surface area contributed by atoms with Crippen molar-refractivity contribution in [3.8, 4) is 0 Å². The molecule has 0 amide bonds. The molecular weight excluding hydrogens is 320 g/mol. The van der Waals surface area contributed by atoms with Gasteiger partial charge >= 0.3 is 0 Å². The van der Waals surface area contributed by atoms with Crippen LogP contribution in [0.4, 0.5) is 5.69 Å². The van der Waals surface area contributed by atoms with Crippen molar-refractivity contribution in [2.45, 2.75) is 39.4 Å². The Kier molecular flexibility index (Phi) is 7.26. The van der Waals surface area contributed by atoms with Crippen LogP contribution in [-0.2, 0) is 6.54 Å². The lowest BCUT2D eigenvalue weighted by Gasteiger charge is -2.27. The molecule has 0 saturated carbocycles. The second-order valence-electron chi connectivity index (χ2n) is 5.24. The van der Waals surface area contributed by atoms with Crippen molar-refractivity contribution in [3.05, 3.63) is 28.2 Å². The normalized spacial score (nSPS) is 12.8. The highest BCUT2D eigenvalue weighted by Crippen LogP contribution is 2.28. The van der Waals surface area contributed by atoms with Crippen molar-refractivity contribution < 1.29 is 0 Å². The molecule has 1 unspecified atom stereocenters. The van der Waals surface area contributed by atoms with Gasteiger partial charge in [0.25, 0.3) is 0 Å². The molecule has 0 aromatic heterocycles. The Hall–Kier alpha value is -0.190. The van der Waals surface area contributed by atoms with Gasteiger partial charge in [0, 0.05) is 35.9 Å². The molecule has 0 radical (unpaired) electrons.